The molecule has 0 radical (unpaired) electrons. The highest BCUT2D eigenvalue weighted by Crippen LogP contribution is 2.22. The third-order valence-corrected chi connectivity index (χ3v) is 3.28. The summed E-state index contributed by atoms with van der Waals surface area (Å²) in [5, 5.41) is 9.42. The van der Waals surface area contributed by atoms with Gasteiger partial charge in [0, 0.05) is 37.3 Å². The summed E-state index contributed by atoms with van der Waals surface area (Å²) in [6, 6.07) is 8.06. The van der Waals surface area contributed by atoms with Gasteiger partial charge < -0.3 is 14.6 Å². The fourth-order valence-corrected chi connectivity index (χ4v) is 2.17. The second kappa shape index (κ2) is 9.50. The molecule has 1 atom stereocenters. The van der Waals surface area contributed by atoms with Gasteiger partial charge >= 0.3 is 0 Å². The number of hydrogen-bond donors (Lipinski definition) is 1. The summed E-state index contributed by atoms with van der Waals surface area (Å²) >= 11 is 3.44. The molecule has 1 aromatic rings. The van der Waals surface area contributed by atoms with Gasteiger partial charge in [-0.1, -0.05) is 28.1 Å². The number of aliphatic hydroxyl groups excluding tert-OH is 1. The van der Waals surface area contributed by atoms with Crippen molar-refractivity contribution in [2.75, 3.05) is 33.5 Å². The van der Waals surface area contributed by atoms with E-state index in [1.807, 2.05) is 24.3 Å². The van der Waals surface area contributed by atoms with Gasteiger partial charge in [0.25, 0.3) is 0 Å². The van der Waals surface area contributed by atoms with Crippen LogP contribution in [0.2, 0.25) is 0 Å². The predicted octanol–water partition coefficient (Wildman–Crippen LogP) is 2.97. The Morgan fingerprint density at radius 3 is 2.78 bits per heavy atom. The lowest BCUT2D eigenvalue weighted by atomic mass is 9.97. The first-order valence-electron chi connectivity index (χ1n) is 6.21. The van der Waals surface area contributed by atoms with E-state index in [4.69, 9.17) is 9.47 Å². The van der Waals surface area contributed by atoms with Crippen LogP contribution in [0.15, 0.2) is 28.7 Å². The van der Waals surface area contributed by atoms with Gasteiger partial charge in [-0.2, -0.15) is 0 Å². The van der Waals surface area contributed by atoms with Gasteiger partial charge in [0.1, 0.15) is 0 Å². The fraction of sp³-hybridized carbons (Fsp3) is 0.571. The van der Waals surface area contributed by atoms with Gasteiger partial charge in [-0.05, 0) is 30.5 Å². The molecule has 0 saturated heterocycles. The van der Waals surface area contributed by atoms with E-state index in [1.165, 1.54) is 0 Å². The Labute approximate surface area is 117 Å². The molecule has 0 spiro atoms. The zero-order valence-corrected chi connectivity index (χ0v) is 12.4. The summed E-state index contributed by atoms with van der Waals surface area (Å²) in [4.78, 5) is 0. The largest absolute Gasteiger partial charge is 0.396 e. The molecule has 3 nitrogen and oxygen atoms in total. The van der Waals surface area contributed by atoms with E-state index in [-0.39, 0.29) is 12.5 Å². The van der Waals surface area contributed by atoms with Crippen molar-refractivity contribution in [3.63, 3.8) is 0 Å². The number of halogens is 1. The molecule has 0 aliphatic heterocycles. The molecule has 102 valence electrons. The highest BCUT2D eigenvalue weighted by molar-refractivity contribution is 9.10. The predicted molar refractivity (Wildman–Crippen MR) is 75.9 cm³/mol. The summed E-state index contributed by atoms with van der Waals surface area (Å²) in [6.07, 6.45) is 1.75. The van der Waals surface area contributed by atoms with Crippen LogP contribution in [0, 0.1) is 0 Å². The molecule has 0 aromatic heterocycles. The second-order valence-electron chi connectivity index (χ2n) is 4.18. The minimum atomic E-state index is 0.143. The van der Waals surface area contributed by atoms with Crippen LogP contribution < -0.4 is 0 Å². The number of rotatable bonds is 9. The van der Waals surface area contributed by atoms with Crippen molar-refractivity contribution in [1.29, 1.82) is 0 Å². The van der Waals surface area contributed by atoms with Crippen LogP contribution in [0.25, 0.3) is 0 Å². The molecule has 0 amide bonds. The molecular formula is C14H21BrO3. The Morgan fingerprint density at radius 1 is 1.28 bits per heavy atom. The number of hydrogen-bond acceptors (Lipinski definition) is 3. The van der Waals surface area contributed by atoms with Crippen LogP contribution in [0.3, 0.4) is 0 Å². The van der Waals surface area contributed by atoms with Crippen LogP contribution in [-0.2, 0) is 9.47 Å². The molecule has 1 rings (SSSR count). The lowest BCUT2D eigenvalue weighted by Gasteiger charge is -2.15. The number of benzene rings is 1. The van der Waals surface area contributed by atoms with E-state index >= 15 is 0 Å². The summed E-state index contributed by atoms with van der Waals surface area (Å²) in [7, 11) is 1.69. The van der Waals surface area contributed by atoms with Gasteiger partial charge in [0.05, 0.1) is 6.61 Å². The van der Waals surface area contributed by atoms with E-state index in [9.17, 15) is 5.11 Å². The Hall–Kier alpha value is -0.420. The normalized spacial score (nSPS) is 12.6. The number of aliphatic hydroxyl groups is 1. The average Bonchev–Trinajstić information content (AvgIpc) is 2.38. The lowest BCUT2D eigenvalue weighted by Crippen LogP contribution is -2.09. The van der Waals surface area contributed by atoms with E-state index in [2.05, 4.69) is 15.9 Å². The van der Waals surface area contributed by atoms with Gasteiger partial charge in [-0.3, -0.25) is 0 Å². The standard InChI is InChI=1S/C14H21BrO3/c1-17-7-3-8-18-9-6-13(11-16)12-4-2-5-14(15)10-12/h2,4-5,10,13,16H,3,6-9,11H2,1H3. The van der Waals surface area contributed by atoms with Crippen LogP contribution in [0.5, 0.6) is 0 Å². The molecule has 1 N–H and O–H groups in total. The summed E-state index contributed by atoms with van der Waals surface area (Å²) in [5.74, 6) is 0.143. The molecule has 0 aliphatic carbocycles. The Bertz CT molecular complexity index is 331. The lowest BCUT2D eigenvalue weighted by molar-refractivity contribution is 0.0937. The van der Waals surface area contributed by atoms with Gasteiger partial charge in [0.2, 0.25) is 0 Å². The van der Waals surface area contributed by atoms with Gasteiger partial charge in [0.15, 0.2) is 0 Å². The van der Waals surface area contributed by atoms with Crippen LogP contribution >= 0.6 is 15.9 Å². The molecule has 0 saturated carbocycles. The summed E-state index contributed by atoms with van der Waals surface area (Å²) < 4.78 is 11.5. The molecule has 0 heterocycles. The van der Waals surface area contributed by atoms with E-state index in [0.29, 0.717) is 13.2 Å². The average molecular weight is 317 g/mol. The third-order valence-electron chi connectivity index (χ3n) is 2.79. The molecule has 0 aliphatic rings. The monoisotopic (exact) mass is 316 g/mol. The summed E-state index contributed by atoms with van der Waals surface area (Å²) in [6.45, 7) is 2.26. The maximum Gasteiger partial charge on any atom is 0.0500 e. The number of ether oxygens (including phenoxy) is 2. The third kappa shape index (κ3) is 5.96. The van der Waals surface area contributed by atoms with Crippen molar-refractivity contribution in [2.45, 2.75) is 18.8 Å². The molecule has 0 bridgehead atoms. The quantitative estimate of drug-likeness (QED) is 0.712. The van der Waals surface area contributed by atoms with E-state index in [0.717, 1.165) is 29.5 Å². The molecular weight excluding hydrogens is 296 g/mol. The Balaban J connectivity index is 2.29. The van der Waals surface area contributed by atoms with Crippen molar-refractivity contribution in [3.05, 3.63) is 34.3 Å². The molecule has 4 heteroatoms. The fourth-order valence-electron chi connectivity index (χ4n) is 1.76. The maximum atomic E-state index is 9.42. The van der Waals surface area contributed by atoms with Gasteiger partial charge in [-0.15, -0.1) is 0 Å². The highest BCUT2D eigenvalue weighted by Gasteiger charge is 2.10. The first kappa shape index (κ1) is 15.6. The maximum absolute atomic E-state index is 9.42. The molecule has 0 fully saturated rings. The van der Waals surface area contributed by atoms with E-state index in [1.54, 1.807) is 7.11 Å². The van der Waals surface area contributed by atoms with E-state index < -0.39 is 0 Å². The zero-order valence-electron chi connectivity index (χ0n) is 10.8. The van der Waals surface area contributed by atoms with Crippen molar-refractivity contribution >= 4 is 15.9 Å². The van der Waals surface area contributed by atoms with Crippen molar-refractivity contribution < 1.29 is 14.6 Å². The SMILES string of the molecule is COCCCOCCC(CO)c1cccc(Br)c1. The second-order valence-corrected chi connectivity index (χ2v) is 5.10. The minimum absolute atomic E-state index is 0.143. The van der Waals surface area contributed by atoms with Crippen molar-refractivity contribution in [2.24, 2.45) is 0 Å². The molecule has 1 aromatic carbocycles. The van der Waals surface area contributed by atoms with Crippen LogP contribution in [-0.4, -0.2) is 38.6 Å². The van der Waals surface area contributed by atoms with Gasteiger partial charge in [-0.25, -0.2) is 0 Å². The first-order chi connectivity index (χ1) is 8.77. The highest BCUT2D eigenvalue weighted by atomic mass is 79.9. The van der Waals surface area contributed by atoms with Crippen LogP contribution in [0.1, 0.15) is 24.3 Å². The summed E-state index contributed by atoms with van der Waals surface area (Å²) in [5.41, 5.74) is 1.15. The van der Waals surface area contributed by atoms with Crippen molar-refractivity contribution in [1.82, 2.24) is 0 Å². The minimum Gasteiger partial charge on any atom is -0.396 e. The smallest absolute Gasteiger partial charge is 0.0500 e. The number of methoxy groups -OCH3 is 1. The Kier molecular flexibility index (Phi) is 8.25. The topological polar surface area (TPSA) is 38.7 Å². The molecule has 1 unspecified atom stereocenters. The van der Waals surface area contributed by atoms with Crippen LogP contribution in [0.4, 0.5) is 0 Å². The van der Waals surface area contributed by atoms with Crippen molar-refractivity contribution in [3.8, 4) is 0 Å². The molecule has 18 heavy (non-hydrogen) atoms. The first-order valence-corrected chi connectivity index (χ1v) is 7.00. The zero-order chi connectivity index (χ0) is 13.2. The Morgan fingerprint density at radius 2 is 2.11 bits per heavy atom.